The van der Waals surface area contributed by atoms with Crippen molar-refractivity contribution in [3.63, 3.8) is 0 Å². The Morgan fingerprint density at radius 2 is 1.94 bits per heavy atom. The molecule has 0 saturated heterocycles. The lowest BCUT2D eigenvalue weighted by molar-refractivity contribution is 0.175. The molecule has 18 heavy (non-hydrogen) atoms. The molecule has 4 heteroatoms. The molecule has 100 valence electrons. The number of halogens is 1. The Bertz CT molecular complexity index is 369. The molecule has 1 aromatic heterocycles. The normalized spacial score (nSPS) is 30.1. The highest BCUT2D eigenvalue weighted by molar-refractivity contribution is 5.11. The third-order valence-corrected chi connectivity index (χ3v) is 3.93. The van der Waals surface area contributed by atoms with E-state index >= 15 is 0 Å². The molecule has 1 heterocycles. The molecular weight excluding hydrogens is 229 g/mol. The number of pyridine rings is 1. The van der Waals surface area contributed by atoms with Crippen LogP contribution in [0.2, 0.25) is 0 Å². The first-order chi connectivity index (χ1) is 8.60. The lowest BCUT2D eigenvalue weighted by atomic mass is 9.73. The summed E-state index contributed by atoms with van der Waals surface area (Å²) in [5, 5.41) is 0. The van der Waals surface area contributed by atoms with Crippen molar-refractivity contribution in [1.82, 2.24) is 10.4 Å². The summed E-state index contributed by atoms with van der Waals surface area (Å²) in [6.45, 7) is 4.57. The van der Waals surface area contributed by atoms with Gasteiger partial charge in [-0.05, 0) is 49.1 Å². The molecular formula is C14H22FN3. The van der Waals surface area contributed by atoms with E-state index in [9.17, 15) is 4.39 Å². The Hall–Kier alpha value is -1.00. The summed E-state index contributed by atoms with van der Waals surface area (Å²) in [5.74, 6) is 7.29. The second-order valence-corrected chi connectivity index (χ2v) is 5.72. The Balaban J connectivity index is 2.14. The minimum Gasteiger partial charge on any atom is -0.271 e. The zero-order valence-electron chi connectivity index (χ0n) is 11.1. The lowest BCUT2D eigenvalue weighted by Gasteiger charge is -2.36. The van der Waals surface area contributed by atoms with Gasteiger partial charge in [0.15, 0.2) is 0 Å². The zero-order valence-corrected chi connectivity index (χ0v) is 11.1. The third-order valence-electron chi connectivity index (χ3n) is 3.93. The Morgan fingerprint density at radius 1 is 1.28 bits per heavy atom. The van der Waals surface area contributed by atoms with E-state index in [2.05, 4.69) is 24.3 Å². The number of aromatic nitrogens is 1. The number of rotatable bonds is 3. The molecule has 2 rings (SSSR count). The van der Waals surface area contributed by atoms with Gasteiger partial charge in [0.1, 0.15) is 5.82 Å². The molecule has 3 nitrogen and oxygen atoms in total. The summed E-state index contributed by atoms with van der Waals surface area (Å²) in [4.78, 5) is 4.16. The van der Waals surface area contributed by atoms with Gasteiger partial charge in [0.25, 0.3) is 0 Å². The molecule has 1 aliphatic rings. The molecule has 3 N–H and O–H groups in total. The van der Waals surface area contributed by atoms with Gasteiger partial charge in [-0.25, -0.2) is 4.39 Å². The summed E-state index contributed by atoms with van der Waals surface area (Å²) in [7, 11) is 0. The van der Waals surface area contributed by atoms with Gasteiger partial charge in [0.2, 0.25) is 0 Å². The Morgan fingerprint density at radius 3 is 2.44 bits per heavy atom. The fourth-order valence-electron chi connectivity index (χ4n) is 3.32. The molecule has 0 bridgehead atoms. The minimum atomic E-state index is -0.306. The van der Waals surface area contributed by atoms with E-state index in [1.54, 1.807) is 6.07 Å². The number of hydrogen-bond donors (Lipinski definition) is 2. The zero-order chi connectivity index (χ0) is 13.1. The van der Waals surface area contributed by atoms with Gasteiger partial charge in [-0.15, -0.1) is 0 Å². The summed E-state index contributed by atoms with van der Waals surface area (Å²) >= 11 is 0. The Labute approximate surface area is 108 Å². The molecule has 0 aromatic carbocycles. The highest BCUT2D eigenvalue weighted by Gasteiger charge is 2.31. The van der Waals surface area contributed by atoms with Crippen molar-refractivity contribution in [2.75, 3.05) is 0 Å². The maximum atomic E-state index is 12.9. The smallest absolute Gasteiger partial charge is 0.141 e. The van der Waals surface area contributed by atoms with Crippen LogP contribution in [0.15, 0.2) is 18.3 Å². The SMILES string of the molecule is CC1CC(C)CC(C(NN)c2ccc(F)cn2)C1. The van der Waals surface area contributed by atoms with E-state index in [1.807, 2.05) is 0 Å². The number of nitrogens with two attached hydrogens (primary N) is 1. The number of hydrogen-bond acceptors (Lipinski definition) is 3. The van der Waals surface area contributed by atoms with Crippen molar-refractivity contribution in [3.05, 3.63) is 29.8 Å². The van der Waals surface area contributed by atoms with Crippen LogP contribution >= 0.6 is 0 Å². The van der Waals surface area contributed by atoms with Gasteiger partial charge in [-0.2, -0.15) is 0 Å². The van der Waals surface area contributed by atoms with E-state index in [0.717, 1.165) is 30.4 Å². The van der Waals surface area contributed by atoms with Crippen LogP contribution in [0.25, 0.3) is 0 Å². The van der Waals surface area contributed by atoms with Crippen molar-refractivity contribution in [2.45, 2.75) is 39.2 Å². The number of nitrogens with one attached hydrogen (secondary N) is 1. The fourth-order valence-corrected chi connectivity index (χ4v) is 3.32. The first-order valence-corrected chi connectivity index (χ1v) is 6.67. The summed E-state index contributed by atoms with van der Waals surface area (Å²) in [6.07, 6.45) is 4.84. The van der Waals surface area contributed by atoms with Crippen LogP contribution < -0.4 is 11.3 Å². The molecule has 3 atom stereocenters. The third kappa shape index (κ3) is 3.06. The minimum absolute atomic E-state index is 0.0239. The van der Waals surface area contributed by atoms with Crippen LogP contribution in [0, 0.1) is 23.6 Å². The Kier molecular flexibility index (Phi) is 4.30. The van der Waals surface area contributed by atoms with Crippen molar-refractivity contribution < 1.29 is 4.39 Å². The van der Waals surface area contributed by atoms with Gasteiger partial charge < -0.3 is 0 Å². The number of nitrogens with zero attached hydrogens (tertiary/aromatic N) is 1. The molecule has 3 unspecified atom stereocenters. The van der Waals surface area contributed by atoms with Crippen LogP contribution in [-0.2, 0) is 0 Å². The largest absolute Gasteiger partial charge is 0.271 e. The predicted molar refractivity (Wildman–Crippen MR) is 69.9 cm³/mol. The predicted octanol–water partition coefficient (Wildman–Crippen LogP) is 2.80. The summed E-state index contributed by atoms with van der Waals surface area (Å²) < 4.78 is 12.9. The topological polar surface area (TPSA) is 50.9 Å². The van der Waals surface area contributed by atoms with Crippen LogP contribution in [0.5, 0.6) is 0 Å². The van der Waals surface area contributed by atoms with Gasteiger partial charge in [-0.1, -0.05) is 13.8 Å². The van der Waals surface area contributed by atoms with Gasteiger partial charge in [0.05, 0.1) is 17.9 Å². The average Bonchev–Trinajstić information content (AvgIpc) is 2.31. The van der Waals surface area contributed by atoms with Gasteiger partial charge >= 0.3 is 0 Å². The number of hydrazine groups is 1. The molecule has 1 saturated carbocycles. The second-order valence-electron chi connectivity index (χ2n) is 5.72. The lowest BCUT2D eigenvalue weighted by Crippen LogP contribution is -2.37. The highest BCUT2D eigenvalue weighted by atomic mass is 19.1. The van der Waals surface area contributed by atoms with E-state index < -0.39 is 0 Å². The van der Waals surface area contributed by atoms with Crippen molar-refractivity contribution >= 4 is 0 Å². The van der Waals surface area contributed by atoms with E-state index in [0.29, 0.717) is 5.92 Å². The van der Waals surface area contributed by atoms with E-state index in [4.69, 9.17) is 5.84 Å². The van der Waals surface area contributed by atoms with Crippen LogP contribution in [0.3, 0.4) is 0 Å². The molecule has 0 aliphatic heterocycles. The molecule has 1 aromatic rings. The standard InChI is InChI=1S/C14H22FN3/c1-9-5-10(2)7-11(6-9)14(18-16)13-4-3-12(15)8-17-13/h3-4,8-11,14,18H,5-7,16H2,1-2H3. The van der Waals surface area contributed by atoms with Crippen molar-refractivity contribution in [3.8, 4) is 0 Å². The second kappa shape index (κ2) is 5.76. The van der Waals surface area contributed by atoms with Crippen LogP contribution in [-0.4, -0.2) is 4.98 Å². The first kappa shape index (κ1) is 13.4. The molecule has 1 fully saturated rings. The molecule has 0 amide bonds. The molecule has 0 spiro atoms. The molecule has 1 aliphatic carbocycles. The van der Waals surface area contributed by atoms with Crippen molar-refractivity contribution in [1.29, 1.82) is 0 Å². The highest BCUT2D eigenvalue weighted by Crippen LogP contribution is 2.38. The van der Waals surface area contributed by atoms with Gasteiger partial charge in [-0.3, -0.25) is 16.3 Å². The molecule has 0 radical (unpaired) electrons. The quantitative estimate of drug-likeness (QED) is 0.641. The fraction of sp³-hybridized carbons (Fsp3) is 0.643. The van der Waals surface area contributed by atoms with Crippen molar-refractivity contribution in [2.24, 2.45) is 23.6 Å². The summed E-state index contributed by atoms with van der Waals surface area (Å²) in [5.41, 5.74) is 3.70. The first-order valence-electron chi connectivity index (χ1n) is 6.67. The van der Waals surface area contributed by atoms with Gasteiger partial charge in [0, 0.05) is 0 Å². The van der Waals surface area contributed by atoms with Crippen LogP contribution in [0.1, 0.15) is 44.8 Å². The maximum Gasteiger partial charge on any atom is 0.141 e. The summed E-state index contributed by atoms with van der Waals surface area (Å²) in [6, 6.07) is 3.20. The van der Waals surface area contributed by atoms with E-state index in [1.165, 1.54) is 18.7 Å². The maximum absolute atomic E-state index is 12.9. The van der Waals surface area contributed by atoms with Crippen LogP contribution in [0.4, 0.5) is 4.39 Å². The van der Waals surface area contributed by atoms with E-state index in [-0.39, 0.29) is 11.9 Å². The monoisotopic (exact) mass is 251 g/mol. The average molecular weight is 251 g/mol.